The summed E-state index contributed by atoms with van der Waals surface area (Å²) >= 11 is 3.52. The fraction of sp³-hybridized carbons (Fsp3) is 0.353. The van der Waals surface area contributed by atoms with Gasteiger partial charge in [-0.3, -0.25) is 4.79 Å². The zero-order valence-corrected chi connectivity index (χ0v) is 13.0. The Morgan fingerprint density at radius 3 is 2.40 bits per heavy atom. The van der Waals surface area contributed by atoms with Gasteiger partial charge in [0.15, 0.2) is 0 Å². The van der Waals surface area contributed by atoms with Gasteiger partial charge in [-0.25, -0.2) is 0 Å². The molecule has 2 aromatic rings. The van der Waals surface area contributed by atoms with E-state index in [0.717, 1.165) is 42.2 Å². The number of amides is 1. The van der Waals surface area contributed by atoms with Crippen LogP contribution in [0.15, 0.2) is 36.4 Å². The van der Waals surface area contributed by atoms with E-state index in [2.05, 4.69) is 34.1 Å². The van der Waals surface area contributed by atoms with Gasteiger partial charge in [0.25, 0.3) is 5.91 Å². The van der Waals surface area contributed by atoms with Crippen molar-refractivity contribution in [1.82, 2.24) is 4.90 Å². The van der Waals surface area contributed by atoms with Gasteiger partial charge in [-0.1, -0.05) is 46.3 Å². The first-order valence-corrected chi connectivity index (χ1v) is 8.29. The second-order valence-corrected chi connectivity index (χ2v) is 5.87. The summed E-state index contributed by atoms with van der Waals surface area (Å²) in [7, 11) is 0. The van der Waals surface area contributed by atoms with Gasteiger partial charge in [0.1, 0.15) is 0 Å². The predicted molar refractivity (Wildman–Crippen MR) is 86.3 cm³/mol. The van der Waals surface area contributed by atoms with E-state index in [1.807, 2.05) is 23.1 Å². The van der Waals surface area contributed by atoms with E-state index in [1.54, 1.807) is 0 Å². The number of carbonyl (C=O) groups excluding carboxylic acids is 1. The van der Waals surface area contributed by atoms with Crippen LogP contribution in [0.5, 0.6) is 0 Å². The Morgan fingerprint density at radius 2 is 1.70 bits per heavy atom. The average Bonchev–Trinajstić information content (AvgIpc) is 2.54. The summed E-state index contributed by atoms with van der Waals surface area (Å²) in [5.74, 6) is 0.182. The van der Waals surface area contributed by atoms with Crippen molar-refractivity contribution in [1.29, 1.82) is 0 Å². The quantitative estimate of drug-likeness (QED) is 0.748. The van der Waals surface area contributed by atoms with Gasteiger partial charge >= 0.3 is 0 Å². The van der Waals surface area contributed by atoms with Crippen molar-refractivity contribution in [2.75, 3.05) is 13.1 Å². The lowest BCUT2D eigenvalue weighted by Crippen LogP contribution is -2.35. The maximum Gasteiger partial charge on any atom is 0.254 e. The largest absolute Gasteiger partial charge is 0.339 e. The third kappa shape index (κ3) is 2.47. The Labute approximate surface area is 127 Å². The Balaban J connectivity index is 2.05. The van der Waals surface area contributed by atoms with Crippen LogP contribution in [-0.4, -0.2) is 23.9 Å². The van der Waals surface area contributed by atoms with Gasteiger partial charge in [0.2, 0.25) is 0 Å². The molecular weight excluding hydrogens is 314 g/mol. The number of carbonyl (C=O) groups is 1. The molecule has 0 bridgehead atoms. The summed E-state index contributed by atoms with van der Waals surface area (Å²) in [6.07, 6.45) is 3.50. The van der Waals surface area contributed by atoms with Crippen molar-refractivity contribution >= 4 is 32.6 Å². The number of alkyl halides is 1. The van der Waals surface area contributed by atoms with Gasteiger partial charge in [-0.05, 0) is 41.7 Å². The number of nitrogens with zero attached hydrogens (tertiary/aromatic N) is 1. The Hall–Kier alpha value is -1.35. The van der Waals surface area contributed by atoms with Crippen molar-refractivity contribution < 1.29 is 4.79 Å². The molecular formula is C17H18BrNO. The van der Waals surface area contributed by atoms with E-state index < -0.39 is 0 Å². The van der Waals surface area contributed by atoms with E-state index in [1.165, 1.54) is 17.4 Å². The highest BCUT2D eigenvalue weighted by Gasteiger charge is 2.20. The van der Waals surface area contributed by atoms with E-state index in [-0.39, 0.29) is 5.91 Å². The molecule has 1 heterocycles. The highest BCUT2D eigenvalue weighted by molar-refractivity contribution is 9.08. The number of rotatable bonds is 2. The van der Waals surface area contributed by atoms with Crippen LogP contribution >= 0.6 is 15.9 Å². The van der Waals surface area contributed by atoms with E-state index in [0.29, 0.717) is 0 Å². The number of benzene rings is 2. The summed E-state index contributed by atoms with van der Waals surface area (Å²) in [6, 6.07) is 12.2. The summed E-state index contributed by atoms with van der Waals surface area (Å²) in [5, 5.41) is 3.05. The van der Waals surface area contributed by atoms with Crippen LogP contribution in [-0.2, 0) is 5.33 Å². The van der Waals surface area contributed by atoms with Gasteiger partial charge in [0.05, 0.1) is 0 Å². The highest BCUT2D eigenvalue weighted by Crippen LogP contribution is 2.26. The van der Waals surface area contributed by atoms with Crippen LogP contribution in [0.3, 0.4) is 0 Å². The zero-order chi connectivity index (χ0) is 13.9. The van der Waals surface area contributed by atoms with E-state index in [9.17, 15) is 4.79 Å². The number of fused-ring (bicyclic) bond motifs is 1. The molecule has 20 heavy (non-hydrogen) atoms. The van der Waals surface area contributed by atoms with Crippen molar-refractivity contribution in [3.8, 4) is 0 Å². The van der Waals surface area contributed by atoms with Gasteiger partial charge in [-0.2, -0.15) is 0 Å². The second-order valence-electron chi connectivity index (χ2n) is 5.30. The summed E-state index contributed by atoms with van der Waals surface area (Å²) in [4.78, 5) is 14.7. The van der Waals surface area contributed by atoms with Crippen molar-refractivity contribution in [2.45, 2.75) is 24.6 Å². The third-order valence-electron chi connectivity index (χ3n) is 4.03. The monoisotopic (exact) mass is 331 g/mol. The number of piperidine rings is 1. The SMILES string of the molecule is O=C(c1ccc(CBr)c2ccccc12)N1CCCCC1. The molecule has 0 unspecified atom stereocenters. The zero-order valence-electron chi connectivity index (χ0n) is 11.4. The predicted octanol–water partition coefficient (Wildman–Crippen LogP) is 4.36. The lowest BCUT2D eigenvalue weighted by atomic mass is 9.99. The number of halogens is 1. The highest BCUT2D eigenvalue weighted by atomic mass is 79.9. The lowest BCUT2D eigenvalue weighted by molar-refractivity contribution is 0.0726. The third-order valence-corrected chi connectivity index (χ3v) is 4.64. The molecule has 2 nitrogen and oxygen atoms in total. The molecule has 0 aliphatic carbocycles. The molecule has 2 aromatic carbocycles. The molecule has 0 atom stereocenters. The lowest BCUT2D eigenvalue weighted by Gasteiger charge is -2.27. The normalized spacial score (nSPS) is 15.6. The van der Waals surface area contributed by atoms with Gasteiger partial charge < -0.3 is 4.90 Å². The number of hydrogen-bond donors (Lipinski definition) is 0. The molecule has 0 N–H and O–H groups in total. The summed E-state index contributed by atoms with van der Waals surface area (Å²) < 4.78 is 0. The summed E-state index contributed by atoms with van der Waals surface area (Å²) in [6.45, 7) is 1.79. The molecule has 0 radical (unpaired) electrons. The molecule has 3 heteroatoms. The topological polar surface area (TPSA) is 20.3 Å². The van der Waals surface area contributed by atoms with Crippen LogP contribution in [0.4, 0.5) is 0 Å². The van der Waals surface area contributed by atoms with Crippen LogP contribution in [0.2, 0.25) is 0 Å². The molecule has 1 saturated heterocycles. The first-order valence-electron chi connectivity index (χ1n) is 7.17. The molecule has 1 aliphatic heterocycles. The smallest absolute Gasteiger partial charge is 0.254 e. The van der Waals surface area contributed by atoms with Gasteiger partial charge in [-0.15, -0.1) is 0 Å². The average molecular weight is 332 g/mol. The van der Waals surface area contributed by atoms with Crippen LogP contribution in [0.25, 0.3) is 10.8 Å². The van der Waals surface area contributed by atoms with E-state index >= 15 is 0 Å². The van der Waals surface area contributed by atoms with Crippen molar-refractivity contribution in [3.05, 3.63) is 47.5 Å². The minimum Gasteiger partial charge on any atom is -0.339 e. The Bertz CT molecular complexity index is 632. The van der Waals surface area contributed by atoms with Gasteiger partial charge in [0, 0.05) is 24.0 Å². The van der Waals surface area contributed by atoms with Crippen molar-refractivity contribution in [3.63, 3.8) is 0 Å². The standard InChI is InChI=1S/C17H18BrNO/c18-12-13-8-9-16(15-7-3-2-6-14(13)15)17(20)19-10-4-1-5-11-19/h2-3,6-9H,1,4-5,10-12H2. The van der Waals surface area contributed by atoms with E-state index in [4.69, 9.17) is 0 Å². The van der Waals surface area contributed by atoms with Crippen LogP contribution in [0.1, 0.15) is 35.2 Å². The molecule has 1 fully saturated rings. The second kappa shape index (κ2) is 5.96. The molecule has 0 saturated carbocycles. The first kappa shape index (κ1) is 13.6. The maximum atomic E-state index is 12.7. The van der Waals surface area contributed by atoms with Crippen LogP contribution in [0, 0.1) is 0 Å². The first-order chi connectivity index (χ1) is 9.81. The molecule has 0 spiro atoms. The fourth-order valence-corrected chi connectivity index (χ4v) is 3.42. The molecule has 1 amide bonds. The Morgan fingerprint density at radius 1 is 1.00 bits per heavy atom. The fourth-order valence-electron chi connectivity index (χ4n) is 2.93. The number of hydrogen-bond acceptors (Lipinski definition) is 1. The minimum absolute atomic E-state index is 0.182. The maximum absolute atomic E-state index is 12.7. The van der Waals surface area contributed by atoms with Crippen LogP contribution < -0.4 is 0 Å². The Kier molecular flexibility index (Phi) is 4.06. The minimum atomic E-state index is 0.182. The summed E-state index contributed by atoms with van der Waals surface area (Å²) in [5.41, 5.74) is 2.07. The number of likely N-dealkylation sites (tertiary alicyclic amines) is 1. The molecule has 0 aromatic heterocycles. The molecule has 104 valence electrons. The van der Waals surface area contributed by atoms with Crippen molar-refractivity contribution in [2.24, 2.45) is 0 Å². The molecule has 1 aliphatic rings. The molecule has 3 rings (SSSR count).